The van der Waals surface area contributed by atoms with Gasteiger partial charge in [0.25, 0.3) is 17.7 Å². The first-order valence-corrected chi connectivity index (χ1v) is 8.49. The van der Waals surface area contributed by atoms with Crippen molar-refractivity contribution < 1.29 is 14.4 Å². The Kier molecular flexibility index (Phi) is 5.05. The van der Waals surface area contributed by atoms with Crippen molar-refractivity contribution >= 4 is 45.1 Å². The maximum Gasteiger partial charge on any atom is 0.263 e. The lowest BCUT2D eigenvalue weighted by Gasteiger charge is -2.23. The SMILES string of the molecule is CC1=NN(C(=O)CNC2CC(c3ccc(Br)cc3)=NNC2=O)C(=O)C1. The van der Waals surface area contributed by atoms with Crippen LogP contribution < -0.4 is 10.7 Å². The number of hydrogen-bond acceptors (Lipinski definition) is 6. The number of hydrogen-bond donors (Lipinski definition) is 2. The maximum atomic E-state index is 12.1. The predicted molar refractivity (Wildman–Crippen MR) is 94.8 cm³/mol. The van der Waals surface area contributed by atoms with Gasteiger partial charge in [-0.3, -0.25) is 19.7 Å². The van der Waals surface area contributed by atoms with Crippen LogP contribution in [0.3, 0.4) is 0 Å². The number of nitrogens with one attached hydrogen (secondary N) is 2. The molecule has 2 aliphatic rings. The summed E-state index contributed by atoms with van der Waals surface area (Å²) < 4.78 is 0.947. The van der Waals surface area contributed by atoms with Gasteiger partial charge in [-0.15, -0.1) is 0 Å². The monoisotopic (exact) mass is 405 g/mol. The van der Waals surface area contributed by atoms with Crippen LogP contribution >= 0.6 is 15.9 Å². The summed E-state index contributed by atoms with van der Waals surface area (Å²) >= 11 is 3.37. The Labute approximate surface area is 152 Å². The number of halogens is 1. The Bertz CT molecular complexity index is 787. The number of hydrazone groups is 2. The second-order valence-electron chi connectivity index (χ2n) is 5.79. The molecule has 1 unspecified atom stereocenters. The summed E-state index contributed by atoms with van der Waals surface area (Å²) in [7, 11) is 0. The summed E-state index contributed by atoms with van der Waals surface area (Å²) in [5, 5.41) is 11.7. The summed E-state index contributed by atoms with van der Waals surface area (Å²) in [6.07, 6.45) is 0.493. The van der Waals surface area contributed by atoms with Crippen molar-refractivity contribution in [2.24, 2.45) is 10.2 Å². The van der Waals surface area contributed by atoms with Crippen molar-refractivity contribution in [3.05, 3.63) is 34.3 Å². The lowest BCUT2D eigenvalue weighted by atomic mass is 10.0. The van der Waals surface area contributed by atoms with E-state index in [1.165, 1.54) is 0 Å². The van der Waals surface area contributed by atoms with E-state index in [4.69, 9.17) is 0 Å². The van der Waals surface area contributed by atoms with Gasteiger partial charge >= 0.3 is 0 Å². The molecule has 130 valence electrons. The third-order valence-electron chi connectivity index (χ3n) is 3.84. The van der Waals surface area contributed by atoms with Gasteiger partial charge in [0.15, 0.2) is 0 Å². The number of rotatable bonds is 4. The summed E-state index contributed by atoms with van der Waals surface area (Å²) in [6, 6.07) is 6.95. The molecule has 0 spiro atoms. The summed E-state index contributed by atoms with van der Waals surface area (Å²) in [5.41, 5.74) is 4.65. The number of carbonyl (C=O) groups excluding carboxylic acids is 3. The fourth-order valence-corrected chi connectivity index (χ4v) is 2.82. The molecule has 0 saturated carbocycles. The molecule has 0 aromatic heterocycles. The topological polar surface area (TPSA) is 103 Å². The van der Waals surface area contributed by atoms with Gasteiger partial charge in [-0.2, -0.15) is 15.2 Å². The van der Waals surface area contributed by atoms with Crippen LogP contribution in [-0.4, -0.2) is 46.7 Å². The third-order valence-corrected chi connectivity index (χ3v) is 4.37. The Morgan fingerprint density at radius 2 is 2.08 bits per heavy atom. The van der Waals surface area contributed by atoms with E-state index in [-0.39, 0.29) is 24.8 Å². The number of benzene rings is 1. The van der Waals surface area contributed by atoms with Crippen LogP contribution in [0, 0.1) is 0 Å². The molecule has 9 heteroatoms. The highest BCUT2D eigenvalue weighted by molar-refractivity contribution is 9.10. The van der Waals surface area contributed by atoms with E-state index in [1.807, 2.05) is 24.3 Å². The molecule has 8 nitrogen and oxygen atoms in total. The largest absolute Gasteiger partial charge is 0.297 e. The van der Waals surface area contributed by atoms with Crippen molar-refractivity contribution in [3.8, 4) is 0 Å². The average Bonchev–Trinajstić information content (AvgIpc) is 2.93. The summed E-state index contributed by atoms with van der Waals surface area (Å²) in [4.78, 5) is 35.7. The van der Waals surface area contributed by atoms with Crippen molar-refractivity contribution in [2.75, 3.05) is 6.54 Å². The zero-order valence-corrected chi connectivity index (χ0v) is 15.0. The highest BCUT2D eigenvalue weighted by Crippen LogP contribution is 2.15. The zero-order chi connectivity index (χ0) is 18.0. The first kappa shape index (κ1) is 17.4. The Morgan fingerprint density at radius 3 is 2.72 bits per heavy atom. The molecule has 2 heterocycles. The lowest BCUT2D eigenvalue weighted by molar-refractivity contribution is -0.142. The molecule has 3 amide bonds. The number of carbonyl (C=O) groups is 3. The number of imide groups is 1. The highest BCUT2D eigenvalue weighted by Gasteiger charge is 2.30. The van der Waals surface area contributed by atoms with Crippen LogP contribution in [0.25, 0.3) is 0 Å². The van der Waals surface area contributed by atoms with Gasteiger partial charge in [0, 0.05) is 16.6 Å². The molecule has 1 aromatic carbocycles. The van der Waals surface area contributed by atoms with Gasteiger partial charge in [-0.05, 0) is 24.6 Å². The third kappa shape index (κ3) is 3.99. The van der Waals surface area contributed by atoms with E-state index in [9.17, 15) is 14.4 Å². The molecule has 2 N–H and O–H groups in total. The van der Waals surface area contributed by atoms with Crippen LogP contribution in [0.1, 0.15) is 25.3 Å². The van der Waals surface area contributed by atoms with Crippen molar-refractivity contribution in [2.45, 2.75) is 25.8 Å². The van der Waals surface area contributed by atoms with Crippen LogP contribution in [-0.2, 0) is 14.4 Å². The molecule has 1 atom stereocenters. The molecule has 0 fully saturated rings. The molecule has 0 saturated heterocycles. The standard InChI is InChI=1S/C16H16BrN5O3/c1-9-6-14(23)22(21-9)15(24)8-18-13-7-12(19-20-16(13)25)10-2-4-11(17)5-3-10/h2-5,13,18H,6-8H2,1H3,(H,20,25). The smallest absolute Gasteiger partial charge is 0.263 e. The second-order valence-corrected chi connectivity index (χ2v) is 6.71. The van der Waals surface area contributed by atoms with E-state index in [1.54, 1.807) is 6.92 Å². The number of nitrogens with zero attached hydrogens (tertiary/aromatic N) is 3. The van der Waals surface area contributed by atoms with Crippen LogP contribution in [0.15, 0.2) is 38.9 Å². The molecular formula is C16H16BrN5O3. The molecule has 2 aliphatic heterocycles. The van der Waals surface area contributed by atoms with Gasteiger partial charge in [0.2, 0.25) is 0 Å². The van der Waals surface area contributed by atoms with Crippen molar-refractivity contribution in [1.29, 1.82) is 0 Å². The van der Waals surface area contributed by atoms with E-state index in [0.29, 0.717) is 17.8 Å². The minimum absolute atomic E-state index is 0.149. The molecular weight excluding hydrogens is 390 g/mol. The predicted octanol–water partition coefficient (Wildman–Crippen LogP) is 0.766. The first-order valence-electron chi connectivity index (χ1n) is 7.69. The van der Waals surface area contributed by atoms with E-state index in [0.717, 1.165) is 15.0 Å². The molecule has 3 rings (SSSR count). The van der Waals surface area contributed by atoms with Gasteiger partial charge in [0.1, 0.15) is 0 Å². The van der Waals surface area contributed by atoms with Crippen LogP contribution in [0.4, 0.5) is 0 Å². The first-order chi connectivity index (χ1) is 11.9. The normalized spacial score (nSPS) is 20.2. The summed E-state index contributed by atoms with van der Waals surface area (Å²) in [5.74, 6) is -1.15. The fourth-order valence-electron chi connectivity index (χ4n) is 2.56. The van der Waals surface area contributed by atoms with Gasteiger partial charge < -0.3 is 0 Å². The average molecular weight is 406 g/mol. The highest BCUT2D eigenvalue weighted by atomic mass is 79.9. The van der Waals surface area contributed by atoms with Crippen molar-refractivity contribution in [1.82, 2.24) is 15.8 Å². The van der Waals surface area contributed by atoms with Gasteiger partial charge in [-0.25, -0.2) is 5.43 Å². The minimum atomic E-state index is -0.608. The lowest BCUT2D eigenvalue weighted by Crippen LogP contribution is -2.50. The Hall–Kier alpha value is -2.39. The van der Waals surface area contributed by atoms with Crippen LogP contribution in [0.2, 0.25) is 0 Å². The molecule has 0 bridgehead atoms. The quantitative estimate of drug-likeness (QED) is 0.771. The molecule has 0 aliphatic carbocycles. The molecule has 25 heavy (non-hydrogen) atoms. The Morgan fingerprint density at radius 1 is 1.36 bits per heavy atom. The minimum Gasteiger partial charge on any atom is -0.297 e. The number of amides is 3. The molecule has 0 radical (unpaired) electrons. The van der Waals surface area contributed by atoms with Crippen molar-refractivity contribution in [3.63, 3.8) is 0 Å². The van der Waals surface area contributed by atoms with E-state index >= 15 is 0 Å². The Balaban J connectivity index is 1.62. The zero-order valence-electron chi connectivity index (χ0n) is 13.5. The van der Waals surface area contributed by atoms with E-state index < -0.39 is 11.9 Å². The van der Waals surface area contributed by atoms with Gasteiger partial charge in [-0.1, -0.05) is 28.1 Å². The summed E-state index contributed by atoms with van der Waals surface area (Å²) in [6.45, 7) is 1.53. The van der Waals surface area contributed by atoms with Gasteiger partial charge in [0.05, 0.1) is 24.7 Å². The van der Waals surface area contributed by atoms with Crippen LogP contribution in [0.5, 0.6) is 0 Å². The maximum absolute atomic E-state index is 12.1. The fraction of sp³-hybridized carbons (Fsp3) is 0.312. The molecule has 1 aromatic rings. The van der Waals surface area contributed by atoms with E-state index in [2.05, 4.69) is 36.9 Å². The second kappa shape index (κ2) is 7.24.